The molecule has 0 aromatic carbocycles. The Morgan fingerprint density at radius 2 is 2.21 bits per heavy atom. The number of pyridine rings is 1. The van der Waals surface area contributed by atoms with Gasteiger partial charge in [-0.1, -0.05) is 6.08 Å². The SMILES string of the molecule is CCOc1ncc(C)c2c1[C@@H](C1=CC=C(C#N)CC1OC)C(C(N)=O)C(C)N2. The summed E-state index contributed by atoms with van der Waals surface area (Å²) in [6.45, 7) is 6.28. The van der Waals surface area contributed by atoms with Crippen LogP contribution in [0.4, 0.5) is 5.69 Å². The van der Waals surface area contributed by atoms with E-state index in [-0.39, 0.29) is 18.1 Å². The number of primary amides is 1. The first-order chi connectivity index (χ1) is 13.4. The lowest BCUT2D eigenvalue weighted by atomic mass is 9.70. The molecular formula is C21H26N4O3. The second-order valence-corrected chi connectivity index (χ2v) is 7.21. The highest BCUT2D eigenvalue weighted by molar-refractivity contribution is 5.83. The number of nitrogens with two attached hydrogens (primary N) is 1. The summed E-state index contributed by atoms with van der Waals surface area (Å²) in [6.07, 6.45) is 5.58. The molecule has 7 heteroatoms. The number of nitrogens with one attached hydrogen (secondary N) is 1. The van der Waals surface area contributed by atoms with E-state index in [2.05, 4.69) is 16.4 Å². The zero-order valence-corrected chi connectivity index (χ0v) is 16.7. The third-order valence-electron chi connectivity index (χ3n) is 5.50. The van der Waals surface area contributed by atoms with Gasteiger partial charge in [0.15, 0.2) is 0 Å². The third kappa shape index (κ3) is 3.36. The number of fused-ring (bicyclic) bond motifs is 1. The molecule has 3 N–H and O–H groups in total. The van der Waals surface area contributed by atoms with Crippen molar-refractivity contribution in [3.8, 4) is 11.9 Å². The van der Waals surface area contributed by atoms with Crippen LogP contribution in [0.5, 0.6) is 5.88 Å². The Morgan fingerprint density at radius 3 is 2.82 bits per heavy atom. The summed E-state index contributed by atoms with van der Waals surface area (Å²) in [5.74, 6) is -0.759. The number of ether oxygens (including phenoxy) is 2. The molecule has 0 bridgehead atoms. The van der Waals surface area contributed by atoms with Crippen LogP contribution in [0.2, 0.25) is 0 Å². The van der Waals surface area contributed by atoms with E-state index in [0.29, 0.717) is 24.5 Å². The maximum Gasteiger partial charge on any atom is 0.223 e. The highest BCUT2D eigenvalue weighted by Gasteiger charge is 2.45. The molecule has 2 heterocycles. The van der Waals surface area contributed by atoms with E-state index in [1.54, 1.807) is 19.4 Å². The molecule has 0 spiro atoms. The molecule has 1 aliphatic heterocycles. The number of nitriles is 1. The van der Waals surface area contributed by atoms with Gasteiger partial charge in [0.05, 0.1) is 24.7 Å². The van der Waals surface area contributed by atoms with Gasteiger partial charge in [-0.2, -0.15) is 5.26 Å². The zero-order valence-electron chi connectivity index (χ0n) is 16.7. The number of aromatic nitrogens is 1. The van der Waals surface area contributed by atoms with Crippen molar-refractivity contribution in [2.45, 2.75) is 45.3 Å². The second-order valence-electron chi connectivity index (χ2n) is 7.21. The van der Waals surface area contributed by atoms with Crippen molar-refractivity contribution >= 4 is 11.6 Å². The number of hydrogen-bond donors (Lipinski definition) is 2. The van der Waals surface area contributed by atoms with Gasteiger partial charge >= 0.3 is 0 Å². The Balaban J connectivity index is 2.26. The quantitative estimate of drug-likeness (QED) is 0.810. The van der Waals surface area contributed by atoms with Crippen molar-refractivity contribution < 1.29 is 14.3 Å². The molecule has 3 rings (SSSR count). The first-order valence-corrected chi connectivity index (χ1v) is 9.44. The number of anilines is 1. The van der Waals surface area contributed by atoms with Crippen LogP contribution >= 0.6 is 0 Å². The molecule has 0 saturated carbocycles. The van der Waals surface area contributed by atoms with E-state index < -0.39 is 11.8 Å². The Bertz CT molecular complexity index is 884. The van der Waals surface area contributed by atoms with Crippen molar-refractivity contribution in [2.24, 2.45) is 11.7 Å². The number of rotatable bonds is 5. The minimum atomic E-state index is -0.503. The molecule has 0 fully saturated rings. The number of amides is 1. The summed E-state index contributed by atoms with van der Waals surface area (Å²) in [5, 5.41) is 12.7. The fraction of sp³-hybridized carbons (Fsp3) is 0.476. The third-order valence-corrected chi connectivity index (χ3v) is 5.50. The minimum Gasteiger partial charge on any atom is -0.478 e. The van der Waals surface area contributed by atoms with Gasteiger partial charge in [0.25, 0.3) is 0 Å². The van der Waals surface area contributed by atoms with Crippen LogP contribution in [-0.2, 0) is 9.53 Å². The van der Waals surface area contributed by atoms with Gasteiger partial charge in [0.1, 0.15) is 0 Å². The maximum absolute atomic E-state index is 12.5. The van der Waals surface area contributed by atoms with Gasteiger partial charge < -0.3 is 20.5 Å². The lowest BCUT2D eigenvalue weighted by Gasteiger charge is -2.41. The molecule has 1 aromatic rings. The van der Waals surface area contributed by atoms with E-state index in [1.807, 2.05) is 26.8 Å². The Hall–Kier alpha value is -2.85. The summed E-state index contributed by atoms with van der Waals surface area (Å²) >= 11 is 0. The van der Waals surface area contributed by atoms with E-state index in [9.17, 15) is 10.1 Å². The van der Waals surface area contributed by atoms with Crippen LogP contribution in [0.3, 0.4) is 0 Å². The van der Waals surface area contributed by atoms with Crippen LogP contribution in [0.15, 0.2) is 29.5 Å². The maximum atomic E-state index is 12.5. The molecule has 1 aliphatic carbocycles. The lowest BCUT2D eigenvalue weighted by Crippen LogP contribution is -2.46. The average molecular weight is 382 g/mol. The topological polar surface area (TPSA) is 110 Å². The summed E-state index contributed by atoms with van der Waals surface area (Å²) in [5.41, 5.74) is 10.1. The first kappa shape index (κ1) is 19.9. The summed E-state index contributed by atoms with van der Waals surface area (Å²) in [7, 11) is 1.61. The highest BCUT2D eigenvalue weighted by atomic mass is 16.5. The lowest BCUT2D eigenvalue weighted by molar-refractivity contribution is -0.122. The molecule has 28 heavy (non-hydrogen) atoms. The molecule has 7 nitrogen and oxygen atoms in total. The standard InChI is InChI=1S/C21H26N4O3/c1-5-28-21-18-17(14-7-6-13(9-22)8-15(14)27-4)16(20(23)26)12(3)25-19(18)11(2)10-24-21/h6-7,10,12,15-17,25H,5,8H2,1-4H3,(H2,23,26)/t12?,15?,16?,17-/m0/s1. The summed E-state index contributed by atoms with van der Waals surface area (Å²) in [6, 6.07) is 2.01. The van der Waals surface area contributed by atoms with Crippen molar-refractivity contribution in [1.82, 2.24) is 4.98 Å². The molecule has 1 amide bonds. The highest BCUT2D eigenvalue weighted by Crippen LogP contribution is 2.49. The number of carbonyl (C=O) groups is 1. The number of carbonyl (C=O) groups excluding carboxylic acids is 1. The number of allylic oxidation sites excluding steroid dienone is 2. The monoisotopic (exact) mass is 382 g/mol. The van der Waals surface area contributed by atoms with E-state index >= 15 is 0 Å². The molecule has 4 atom stereocenters. The minimum absolute atomic E-state index is 0.176. The molecule has 1 aromatic heterocycles. The van der Waals surface area contributed by atoms with Gasteiger partial charge in [0, 0.05) is 48.5 Å². The van der Waals surface area contributed by atoms with Gasteiger partial charge in [-0.25, -0.2) is 4.98 Å². The number of aryl methyl sites for hydroxylation is 1. The van der Waals surface area contributed by atoms with Crippen LogP contribution in [0.25, 0.3) is 0 Å². The van der Waals surface area contributed by atoms with E-state index in [4.69, 9.17) is 15.2 Å². The van der Waals surface area contributed by atoms with Crippen LogP contribution < -0.4 is 15.8 Å². The number of hydrogen-bond acceptors (Lipinski definition) is 6. The smallest absolute Gasteiger partial charge is 0.223 e. The zero-order chi connectivity index (χ0) is 20.4. The van der Waals surface area contributed by atoms with Gasteiger partial charge in [-0.3, -0.25) is 4.79 Å². The second kappa shape index (κ2) is 8.03. The summed E-state index contributed by atoms with van der Waals surface area (Å²) in [4.78, 5) is 17.0. The van der Waals surface area contributed by atoms with Crippen molar-refractivity contribution in [3.63, 3.8) is 0 Å². The fourth-order valence-electron chi connectivity index (χ4n) is 4.21. The molecule has 0 saturated heterocycles. The van der Waals surface area contributed by atoms with Gasteiger partial charge in [-0.05, 0) is 38.0 Å². The Kier molecular flexibility index (Phi) is 5.71. The van der Waals surface area contributed by atoms with Crippen LogP contribution in [0.1, 0.15) is 37.3 Å². The molecule has 2 aliphatic rings. The van der Waals surface area contributed by atoms with Gasteiger partial charge in [0.2, 0.25) is 11.8 Å². The Morgan fingerprint density at radius 1 is 1.46 bits per heavy atom. The number of nitrogens with zero attached hydrogens (tertiary/aromatic N) is 2. The van der Waals surface area contributed by atoms with Crippen LogP contribution in [0, 0.1) is 24.2 Å². The van der Waals surface area contributed by atoms with E-state index in [0.717, 1.165) is 22.4 Å². The predicted octanol–water partition coefficient (Wildman–Crippen LogP) is 2.58. The normalized spacial score (nSPS) is 26.2. The fourth-order valence-corrected chi connectivity index (χ4v) is 4.21. The first-order valence-electron chi connectivity index (χ1n) is 9.44. The Labute approximate surface area is 165 Å². The largest absolute Gasteiger partial charge is 0.478 e. The van der Waals surface area contributed by atoms with Gasteiger partial charge in [-0.15, -0.1) is 0 Å². The van der Waals surface area contributed by atoms with E-state index in [1.165, 1.54) is 0 Å². The van der Waals surface area contributed by atoms with Crippen LogP contribution in [-0.4, -0.2) is 36.8 Å². The van der Waals surface area contributed by atoms with Crippen molar-refractivity contribution in [1.29, 1.82) is 5.26 Å². The molecule has 0 radical (unpaired) electrons. The molecule has 3 unspecified atom stereocenters. The number of methoxy groups -OCH3 is 1. The molecule has 148 valence electrons. The predicted molar refractivity (Wildman–Crippen MR) is 106 cm³/mol. The van der Waals surface area contributed by atoms with Crippen molar-refractivity contribution in [3.05, 3.63) is 40.6 Å². The average Bonchev–Trinajstić information content (AvgIpc) is 2.68. The van der Waals surface area contributed by atoms with Crippen molar-refractivity contribution in [2.75, 3.05) is 19.0 Å². The summed E-state index contributed by atoms with van der Waals surface area (Å²) < 4.78 is 11.5. The molecular weight excluding hydrogens is 356 g/mol.